The summed E-state index contributed by atoms with van der Waals surface area (Å²) in [6.45, 7) is 2.14. The van der Waals surface area contributed by atoms with Crippen LogP contribution in [-0.2, 0) is 0 Å². The number of aromatic nitrogens is 1. The zero-order valence-corrected chi connectivity index (χ0v) is 18.3. The summed E-state index contributed by atoms with van der Waals surface area (Å²) >= 11 is 1.46. The van der Waals surface area contributed by atoms with Crippen molar-refractivity contribution in [3.8, 4) is 11.5 Å². The molecule has 0 saturated heterocycles. The fraction of sp³-hybridized carbons (Fsp3) is 0.217. The molecule has 170 valence electrons. The van der Waals surface area contributed by atoms with Crippen molar-refractivity contribution in [3.05, 3.63) is 91.6 Å². The third-order valence-corrected chi connectivity index (χ3v) is 6.71. The van der Waals surface area contributed by atoms with Crippen molar-refractivity contribution in [2.24, 2.45) is 0 Å². The molecule has 0 unspecified atom stereocenters. The van der Waals surface area contributed by atoms with Gasteiger partial charge in [0.1, 0.15) is 19.3 Å². The van der Waals surface area contributed by atoms with Gasteiger partial charge in [0.25, 0.3) is 5.91 Å². The van der Waals surface area contributed by atoms with Crippen LogP contribution in [-0.4, -0.2) is 40.4 Å². The maximum absolute atomic E-state index is 14.9. The first kappa shape index (κ1) is 21.2. The lowest BCUT2D eigenvalue weighted by molar-refractivity contribution is 0.0701. The Kier molecular flexibility index (Phi) is 5.16. The number of carbonyl (C=O) groups excluding carboxylic acids is 1. The Balaban J connectivity index is 1.82. The molecule has 1 aromatic carbocycles. The smallest absolute Gasteiger partial charge is 0.278 e. The predicted molar refractivity (Wildman–Crippen MR) is 118 cm³/mol. The van der Waals surface area contributed by atoms with E-state index in [-0.39, 0.29) is 31.3 Å². The van der Waals surface area contributed by atoms with Gasteiger partial charge in [-0.1, -0.05) is 6.08 Å². The number of hydrogen-bond donors (Lipinski definition) is 1. The topological polar surface area (TPSA) is 75.0 Å². The highest BCUT2D eigenvalue weighted by molar-refractivity contribution is 7.12. The Morgan fingerprint density at radius 1 is 1.12 bits per heavy atom. The average molecular weight is 471 g/mol. The first-order chi connectivity index (χ1) is 15.9. The van der Waals surface area contributed by atoms with Gasteiger partial charge in [0, 0.05) is 34.1 Å². The lowest BCUT2D eigenvalue weighted by Crippen LogP contribution is -2.55. The summed E-state index contributed by atoms with van der Waals surface area (Å²) in [5.74, 6) is -3.55. The Morgan fingerprint density at radius 2 is 1.94 bits per heavy atom. The van der Waals surface area contributed by atoms with Gasteiger partial charge in [0.2, 0.25) is 11.2 Å². The number of benzene rings is 1. The highest BCUT2D eigenvalue weighted by Crippen LogP contribution is 2.41. The van der Waals surface area contributed by atoms with Crippen molar-refractivity contribution >= 4 is 17.2 Å². The lowest BCUT2D eigenvalue weighted by Gasteiger charge is -2.43. The minimum absolute atomic E-state index is 0.0261. The molecule has 0 saturated carbocycles. The molecule has 2 bridgehead atoms. The second-order valence-electron chi connectivity index (χ2n) is 7.74. The van der Waals surface area contributed by atoms with Crippen molar-refractivity contribution in [2.45, 2.75) is 13.0 Å². The number of halogens is 2. The van der Waals surface area contributed by atoms with E-state index in [1.165, 1.54) is 33.2 Å². The summed E-state index contributed by atoms with van der Waals surface area (Å²) in [5, 5.41) is 12.2. The number of ether oxygens (including phenoxy) is 1. The van der Waals surface area contributed by atoms with Crippen LogP contribution in [0, 0.1) is 18.6 Å². The predicted octanol–water partition coefficient (Wildman–Crippen LogP) is 3.29. The van der Waals surface area contributed by atoms with E-state index in [0.29, 0.717) is 5.56 Å². The molecule has 5 rings (SSSR count). The first-order valence-corrected chi connectivity index (χ1v) is 11.0. The number of aryl methyl sites for hydroxylation is 1. The third kappa shape index (κ3) is 3.46. The Labute approximate surface area is 191 Å². The Bertz CT molecular complexity index is 1350. The van der Waals surface area contributed by atoms with Crippen LogP contribution in [0.4, 0.5) is 8.78 Å². The molecule has 1 N–H and O–H groups in total. The normalized spacial score (nSPS) is 18.8. The van der Waals surface area contributed by atoms with Crippen LogP contribution in [0.3, 0.4) is 0 Å². The molecule has 7 nitrogen and oxygen atoms in total. The molecule has 2 aromatic heterocycles. The van der Waals surface area contributed by atoms with Crippen LogP contribution in [0.5, 0.6) is 11.5 Å². The maximum Gasteiger partial charge on any atom is 0.278 e. The summed E-state index contributed by atoms with van der Waals surface area (Å²) in [6.07, 6.45) is 4.67. The molecule has 1 atom stereocenters. The molecule has 4 heterocycles. The number of hydrogen-bond acceptors (Lipinski definition) is 6. The van der Waals surface area contributed by atoms with E-state index in [2.05, 4.69) is 0 Å². The Hall–Kier alpha value is -3.66. The van der Waals surface area contributed by atoms with Crippen LogP contribution in [0.15, 0.2) is 53.5 Å². The number of aromatic hydroxyl groups is 1. The maximum atomic E-state index is 14.9. The van der Waals surface area contributed by atoms with Crippen molar-refractivity contribution in [2.75, 3.05) is 24.8 Å². The largest absolute Gasteiger partial charge is 0.502 e. The SMILES string of the molecule is Cc1ccc([C@H]2c3ccc(F)c(F)c3OC/C=C\CN3CN2n2ccc(=O)c(O)c2C3=O)s1. The van der Waals surface area contributed by atoms with E-state index in [0.717, 1.165) is 21.9 Å². The Morgan fingerprint density at radius 3 is 2.70 bits per heavy atom. The first-order valence-electron chi connectivity index (χ1n) is 10.2. The number of carbonyl (C=O) groups is 1. The molecule has 2 aliphatic rings. The molecular formula is C23H19F2N3O4S. The van der Waals surface area contributed by atoms with Gasteiger partial charge in [-0.2, -0.15) is 4.39 Å². The highest BCUT2D eigenvalue weighted by atomic mass is 32.1. The molecule has 33 heavy (non-hydrogen) atoms. The quantitative estimate of drug-likeness (QED) is 0.552. The van der Waals surface area contributed by atoms with Gasteiger partial charge in [-0.3, -0.25) is 19.3 Å². The monoisotopic (exact) mass is 471 g/mol. The fourth-order valence-electron chi connectivity index (χ4n) is 4.11. The molecular weight excluding hydrogens is 452 g/mol. The number of pyridine rings is 1. The van der Waals surface area contributed by atoms with E-state index in [9.17, 15) is 23.5 Å². The second-order valence-corrected chi connectivity index (χ2v) is 9.06. The van der Waals surface area contributed by atoms with Crippen LogP contribution in [0.25, 0.3) is 0 Å². The molecule has 10 heteroatoms. The van der Waals surface area contributed by atoms with E-state index in [1.807, 2.05) is 19.1 Å². The van der Waals surface area contributed by atoms with Crippen molar-refractivity contribution in [3.63, 3.8) is 0 Å². The molecule has 0 aliphatic carbocycles. The van der Waals surface area contributed by atoms with Crippen molar-refractivity contribution < 1.29 is 23.4 Å². The zero-order valence-electron chi connectivity index (χ0n) is 17.5. The molecule has 0 spiro atoms. The molecule has 1 amide bonds. The summed E-state index contributed by atoms with van der Waals surface area (Å²) in [4.78, 5) is 28.5. The average Bonchev–Trinajstić information content (AvgIpc) is 3.20. The van der Waals surface area contributed by atoms with Gasteiger partial charge in [0.15, 0.2) is 23.0 Å². The highest BCUT2D eigenvalue weighted by Gasteiger charge is 2.38. The minimum Gasteiger partial charge on any atom is -0.502 e. The van der Waals surface area contributed by atoms with E-state index < -0.39 is 34.8 Å². The van der Waals surface area contributed by atoms with E-state index in [1.54, 1.807) is 17.2 Å². The minimum atomic E-state index is -1.11. The van der Waals surface area contributed by atoms with Crippen LogP contribution in [0.1, 0.15) is 31.8 Å². The fourth-order valence-corrected chi connectivity index (χ4v) is 5.11. The molecule has 3 aromatic rings. The second kappa shape index (κ2) is 8.04. The van der Waals surface area contributed by atoms with Crippen molar-refractivity contribution in [1.82, 2.24) is 9.58 Å². The molecule has 2 aliphatic heterocycles. The van der Waals surface area contributed by atoms with Crippen LogP contribution in [0.2, 0.25) is 0 Å². The number of amides is 1. The third-order valence-electron chi connectivity index (χ3n) is 5.66. The summed E-state index contributed by atoms with van der Waals surface area (Å²) in [7, 11) is 0. The van der Waals surface area contributed by atoms with Crippen LogP contribution >= 0.6 is 11.3 Å². The van der Waals surface area contributed by atoms with E-state index >= 15 is 0 Å². The van der Waals surface area contributed by atoms with E-state index in [4.69, 9.17) is 4.74 Å². The summed E-state index contributed by atoms with van der Waals surface area (Å²) in [6, 6.07) is 6.73. The van der Waals surface area contributed by atoms with Gasteiger partial charge in [-0.25, -0.2) is 4.39 Å². The van der Waals surface area contributed by atoms with Gasteiger partial charge >= 0.3 is 0 Å². The standard InChI is InChI=1S/C23H19F2N3O4S/c1-13-4-7-17(33-13)19-14-5-6-15(24)18(25)22(14)32-11-3-2-9-26-12-28(19)27-10-8-16(29)21(30)20(27)23(26)31/h2-8,10,19,30H,9,11-12H2,1H3/b3-2-/t19-/m1/s1. The van der Waals surface area contributed by atoms with Crippen molar-refractivity contribution in [1.29, 1.82) is 0 Å². The van der Waals surface area contributed by atoms with Gasteiger partial charge in [-0.05, 0) is 37.3 Å². The lowest BCUT2D eigenvalue weighted by atomic mass is 10.0. The van der Waals surface area contributed by atoms with Gasteiger partial charge in [0.05, 0.1) is 0 Å². The van der Waals surface area contributed by atoms with Gasteiger partial charge < -0.3 is 14.7 Å². The zero-order chi connectivity index (χ0) is 23.3. The summed E-state index contributed by atoms with van der Waals surface area (Å²) < 4.78 is 36.2. The number of fused-ring (bicyclic) bond motifs is 5. The molecule has 0 radical (unpaired) electrons. The van der Waals surface area contributed by atoms with Crippen LogP contribution < -0.4 is 15.2 Å². The summed E-state index contributed by atoms with van der Waals surface area (Å²) in [5.41, 5.74) is -0.522. The number of rotatable bonds is 1. The van der Waals surface area contributed by atoms with Gasteiger partial charge in [-0.15, -0.1) is 11.3 Å². The number of thiophene rings is 1. The number of nitrogens with zero attached hydrogens (tertiary/aromatic N) is 3. The molecule has 0 fully saturated rings.